The molecule has 3 aromatic rings. The number of nitrogens with one attached hydrogen (secondary N) is 2. The van der Waals surface area contributed by atoms with Gasteiger partial charge in [-0.25, -0.2) is 13.4 Å². The number of hydrogen-bond acceptors (Lipinski definition) is 7. The molecule has 0 bridgehead atoms. The van der Waals surface area contributed by atoms with E-state index in [2.05, 4.69) is 24.9 Å². The van der Waals surface area contributed by atoms with Crippen molar-refractivity contribution in [2.24, 2.45) is 0 Å². The minimum atomic E-state index is -3.69. The molecule has 2 aromatic carbocycles. The van der Waals surface area contributed by atoms with Gasteiger partial charge in [0.25, 0.3) is 10.0 Å². The van der Waals surface area contributed by atoms with Gasteiger partial charge in [0.1, 0.15) is 11.6 Å². The van der Waals surface area contributed by atoms with E-state index in [4.69, 9.17) is 4.74 Å². The van der Waals surface area contributed by atoms with Gasteiger partial charge >= 0.3 is 0 Å². The van der Waals surface area contributed by atoms with Crippen LogP contribution in [0.4, 0.5) is 23.1 Å². The quantitative estimate of drug-likeness (QED) is 0.524. The first-order valence-electron chi connectivity index (χ1n) is 10.7. The third-order valence-corrected chi connectivity index (χ3v) is 6.51. The van der Waals surface area contributed by atoms with Gasteiger partial charge in [0.05, 0.1) is 11.5 Å². The number of aryl methyl sites for hydroxylation is 1. The van der Waals surface area contributed by atoms with Crippen LogP contribution in [0.15, 0.2) is 59.5 Å². The van der Waals surface area contributed by atoms with E-state index in [0.717, 1.165) is 30.3 Å². The zero-order valence-corrected chi connectivity index (χ0v) is 19.0. The number of anilines is 4. The molecule has 0 unspecified atom stereocenters. The van der Waals surface area contributed by atoms with Gasteiger partial charge in [-0.1, -0.05) is 0 Å². The summed E-state index contributed by atoms with van der Waals surface area (Å²) < 4.78 is 33.3. The van der Waals surface area contributed by atoms with Crippen molar-refractivity contribution in [3.8, 4) is 5.75 Å². The number of sulfonamides is 1. The molecule has 168 valence electrons. The summed E-state index contributed by atoms with van der Waals surface area (Å²) in [6, 6.07) is 15.3. The van der Waals surface area contributed by atoms with E-state index in [9.17, 15) is 8.42 Å². The number of hydrogen-bond donors (Lipinski definition) is 2. The summed E-state index contributed by atoms with van der Waals surface area (Å²) in [7, 11) is -3.69. The molecular weight excluding hydrogens is 426 g/mol. The minimum absolute atomic E-state index is 0.172. The largest absolute Gasteiger partial charge is 0.494 e. The Morgan fingerprint density at radius 1 is 0.969 bits per heavy atom. The summed E-state index contributed by atoms with van der Waals surface area (Å²) in [6.45, 7) is 6.38. The van der Waals surface area contributed by atoms with Crippen LogP contribution in [-0.2, 0) is 10.0 Å². The smallest absolute Gasteiger partial charge is 0.261 e. The molecule has 2 heterocycles. The highest BCUT2D eigenvalue weighted by molar-refractivity contribution is 7.92. The summed E-state index contributed by atoms with van der Waals surface area (Å²) in [6.07, 6.45) is 2.36. The fraction of sp³-hybridized carbons (Fsp3) is 0.304. The molecule has 1 saturated heterocycles. The van der Waals surface area contributed by atoms with Crippen LogP contribution in [0.3, 0.4) is 0 Å². The Morgan fingerprint density at radius 3 is 2.28 bits per heavy atom. The maximum absolute atomic E-state index is 12.7. The van der Waals surface area contributed by atoms with Crippen molar-refractivity contribution in [3.63, 3.8) is 0 Å². The first kappa shape index (κ1) is 21.9. The second-order valence-electron chi connectivity index (χ2n) is 7.60. The van der Waals surface area contributed by atoms with Crippen molar-refractivity contribution in [1.29, 1.82) is 0 Å². The molecule has 0 radical (unpaired) electrons. The molecule has 1 aliphatic rings. The minimum Gasteiger partial charge on any atom is -0.494 e. The molecule has 9 heteroatoms. The van der Waals surface area contributed by atoms with Crippen molar-refractivity contribution in [1.82, 2.24) is 9.97 Å². The summed E-state index contributed by atoms with van der Waals surface area (Å²) in [5.74, 6) is 2.08. The van der Waals surface area contributed by atoms with E-state index in [1.807, 2.05) is 19.9 Å². The van der Waals surface area contributed by atoms with Crippen LogP contribution in [0.25, 0.3) is 0 Å². The highest BCUT2D eigenvalue weighted by atomic mass is 32.2. The van der Waals surface area contributed by atoms with Gasteiger partial charge in [-0.2, -0.15) is 4.98 Å². The number of rotatable bonds is 8. The van der Waals surface area contributed by atoms with E-state index in [1.165, 1.54) is 25.0 Å². The predicted molar refractivity (Wildman–Crippen MR) is 126 cm³/mol. The van der Waals surface area contributed by atoms with E-state index in [-0.39, 0.29) is 4.90 Å². The van der Waals surface area contributed by atoms with Crippen molar-refractivity contribution in [2.45, 2.75) is 31.6 Å². The van der Waals surface area contributed by atoms with Gasteiger partial charge in [-0.15, -0.1) is 0 Å². The summed E-state index contributed by atoms with van der Waals surface area (Å²) >= 11 is 0. The third kappa shape index (κ3) is 5.28. The Labute approximate surface area is 188 Å². The second kappa shape index (κ2) is 9.44. The molecular formula is C23H27N5O3S. The summed E-state index contributed by atoms with van der Waals surface area (Å²) in [5.41, 5.74) is 2.13. The lowest BCUT2D eigenvalue weighted by Crippen LogP contribution is -2.19. The number of nitrogens with zero attached hydrogens (tertiary/aromatic N) is 3. The molecule has 8 nitrogen and oxygen atoms in total. The van der Waals surface area contributed by atoms with E-state index in [0.29, 0.717) is 24.0 Å². The topological polar surface area (TPSA) is 96.5 Å². The van der Waals surface area contributed by atoms with Gasteiger partial charge in [-0.05, 0) is 75.2 Å². The molecule has 1 fully saturated rings. The maximum atomic E-state index is 12.7. The Morgan fingerprint density at radius 2 is 1.62 bits per heavy atom. The Bertz CT molecular complexity index is 1160. The first-order valence-corrected chi connectivity index (χ1v) is 12.1. The first-order chi connectivity index (χ1) is 15.4. The van der Waals surface area contributed by atoms with Gasteiger partial charge in [0.15, 0.2) is 0 Å². The lowest BCUT2D eigenvalue weighted by Gasteiger charge is -2.17. The lowest BCUT2D eigenvalue weighted by molar-refractivity contribution is 0.340. The Balaban J connectivity index is 1.44. The fourth-order valence-electron chi connectivity index (χ4n) is 3.56. The second-order valence-corrected chi connectivity index (χ2v) is 9.28. The highest BCUT2D eigenvalue weighted by Crippen LogP contribution is 2.24. The molecule has 1 aromatic heterocycles. The van der Waals surface area contributed by atoms with Crippen molar-refractivity contribution < 1.29 is 13.2 Å². The van der Waals surface area contributed by atoms with E-state index in [1.54, 1.807) is 36.4 Å². The molecule has 0 aliphatic carbocycles. The van der Waals surface area contributed by atoms with Crippen LogP contribution in [0.1, 0.15) is 25.5 Å². The highest BCUT2D eigenvalue weighted by Gasteiger charge is 2.16. The summed E-state index contributed by atoms with van der Waals surface area (Å²) in [5, 5.41) is 3.21. The molecule has 0 amide bonds. The van der Waals surface area contributed by atoms with Crippen LogP contribution >= 0.6 is 0 Å². The number of aromatic nitrogens is 2. The molecule has 32 heavy (non-hydrogen) atoms. The number of ether oxygens (including phenoxy) is 1. The normalized spacial score (nSPS) is 13.8. The van der Waals surface area contributed by atoms with Crippen LogP contribution in [-0.4, -0.2) is 38.1 Å². The molecule has 0 spiro atoms. The SMILES string of the molecule is CCOc1ccc(S(=O)(=O)Nc2ccc(Nc3nc(C)cc(N4CCCC4)n3)cc2)cc1. The average Bonchev–Trinajstić information content (AvgIpc) is 3.30. The van der Waals surface area contributed by atoms with Crippen LogP contribution in [0.2, 0.25) is 0 Å². The van der Waals surface area contributed by atoms with Gasteiger partial charge in [-0.3, -0.25) is 4.72 Å². The standard InChI is InChI=1S/C23H27N5O3S/c1-3-31-20-10-12-21(13-11-20)32(29,30)27-19-8-6-18(7-9-19)25-23-24-17(2)16-22(26-23)28-14-4-5-15-28/h6-13,16,27H,3-5,14-15H2,1-2H3,(H,24,25,26). The molecule has 1 aliphatic heterocycles. The van der Waals surface area contributed by atoms with Crippen molar-refractivity contribution >= 4 is 33.2 Å². The molecule has 0 saturated carbocycles. The Kier molecular flexibility index (Phi) is 6.45. The van der Waals surface area contributed by atoms with Crippen molar-refractivity contribution in [2.75, 3.05) is 34.6 Å². The lowest BCUT2D eigenvalue weighted by atomic mass is 10.3. The maximum Gasteiger partial charge on any atom is 0.261 e. The summed E-state index contributed by atoms with van der Waals surface area (Å²) in [4.78, 5) is 11.5. The van der Waals surface area contributed by atoms with E-state index >= 15 is 0 Å². The van der Waals surface area contributed by atoms with Gasteiger partial charge < -0.3 is 15.0 Å². The van der Waals surface area contributed by atoms with Crippen LogP contribution < -0.4 is 19.7 Å². The van der Waals surface area contributed by atoms with Crippen LogP contribution in [0.5, 0.6) is 5.75 Å². The van der Waals surface area contributed by atoms with Crippen molar-refractivity contribution in [3.05, 3.63) is 60.3 Å². The Hall–Kier alpha value is -3.33. The number of benzene rings is 2. The van der Waals surface area contributed by atoms with Crippen LogP contribution in [0, 0.1) is 6.92 Å². The molecule has 2 N–H and O–H groups in total. The van der Waals surface area contributed by atoms with Gasteiger partial charge in [0, 0.05) is 36.2 Å². The monoisotopic (exact) mass is 453 g/mol. The third-order valence-electron chi connectivity index (χ3n) is 5.11. The predicted octanol–water partition coefficient (Wildman–Crippen LogP) is 4.33. The van der Waals surface area contributed by atoms with Gasteiger partial charge in [0.2, 0.25) is 5.95 Å². The zero-order chi connectivity index (χ0) is 22.6. The average molecular weight is 454 g/mol. The fourth-order valence-corrected chi connectivity index (χ4v) is 4.62. The molecule has 0 atom stereocenters. The molecule has 4 rings (SSSR count). The van der Waals surface area contributed by atoms with E-state index < -0.39 is 10.0 Å². The zero-order valence-electron chi connectivity index (χ0n) is 18.2.